The maximum Gasteiger partial charge on any atom is 0.251 e. The first-order valence-electron chi connectivity index (χ1n) is 5.45. The standard InChI is InChI=1S/C12H15Br2F2NO/c1-18-11-3-2-9(6-10(11)14)7-17(5-4-13)8-12(15)16/h2-3,6,12H,4-5,7-8H2,1H3. The summed E-state index contributed by atoms with van der Waals surface area (Å²) in [7, 11) is 1.59. The summed E-state index contributed by atoms with van der Waals surface area (Å²) in [5.41, 5.74) is 0.976. The molecule has 2 nitrogen and oxygen atoms in total. The average Bonchev–Trinajstić information content (AvgIpc) is 2.28. The summed E-state index contributed by atoms with van der Waals surface area (Å²) in [5, 5.41) is 0.678. The van der Waals surface area contributed by atoms with Crippen LogP contribution in [-0.2, 0) is 6.54 Å². The number of rotatable bonds is 7. The molecule has 1 rings (SSSR count). The smallest absolute Gasteiger partial charge is 0.251 e. The lowest BCUT2D eigenvalue weighted by Gasteiger charge is -2.21. The summed E-state index contributed by atoms with van der Waals surface area (Å²) in [6.07, 6.45) is -2.31. The quantitative estimate of drug-likeness (QED) is 0.658. The number of hydrogen-bond acceptors (Lipinski definition) is 2. The summed E-state index contributed by atoms with van der Waals surface area (Å²) in [6.45, 7) is 0.877. The van der Waals surface area contributed by atoms with Crippen molar-refractivity contribution in [1.82, 2.24) is 4.90 Å². The molecule has 1 aromatic carbocycles. The van der Waals surface area contributed by atoms with E-state index < -0.39 is 6.43 Å². The zero-order valence-corrected chi connectivity index (χ0v) is 13.2. The Bertz CT molecular complexity index is 377. The van der Waals surface area contributed by atoms with E-state index in [2.05, 4.69) is 31.9 Å². The minimum atomic E-state index is -2.31. The third-order valence-corrected chi connectivity index (χ3v) is 3.39. The summed E-state index contributed by atoms with van der Waals surface area (Å²) in [5.74, 6) is 0.736. The molecule has 0 fully saturated rings. The Morgan fingerprint density at radius 2 is 2.11 bits per heavy atom. The molecule has 102 valence electrons. The molecule has 0 aliphatic heterocycles. The van der Waals surface area contributed by atoms with Crippen molar-refractivity contribution in [3.05, 3.63) is 28.2 Å². The summed E-state index contributed by atoms with van der Waals surface area (Å²) >= 11 is 6.66. The van der Waals surface area contributed by atoms with Gasteiger partial charge < -0.3 is 4.74 Å². The first kappa shape index (κ1) is 15.9. The molecule has 0 amide bonds. The maximum atomic E-state index is 12.4. The lowest BCUT2D eigenvalue weighted by Crippen LogP contribution is -2.30. The van der Waals surface area contributed by atoms with Crippen LogP contribution < -0.4 is 4.74 Å². The van der Waals surface area contributed by atoms with Crippen molar-refractivity contribution in [1.29, 1.82) is 0 Å². The molecule has 0 N–H and O–H groups in total. The van der Waals surface area contributed by atoms with E-state index in [4.69, 9.17) is 4.74 Å². The SMILES string of the molecule is COc1ccc(CN(CCBr)CC(F)F)cc1Br. The Balaban J connectivity index is 2.71. The number of nitrogens with zero attached hydrogens (tertiary/aromatic N) is 1. The van der Waals surface area contributed by atoms with Crippen molar-refractivity contribution in [2.45, 2.75) is 13.0 Å². The van der Waals surface area contributed by atoms with Crippen molar-refractivity contribution in [3.63, 3.8) is 0 Å². The fourth-order valence-corrected chi connectivity index (χ4v) is 2.71. The number of alkyl halides is 3. The Labute approximate surface area is 123 Å². The molecule has 0 atom stereocenters. The molecule has 0 heterocycles. The van der Waals surface area contributed by atoms with E-state index in [1.165, 1.54) is 0 Å². The van der Waals surface area contributed by atoms with Crippen LogP contribution in [0.4, 0.5) is 8.78 Å². The number of methoxy groups -OCH3 is 1. The van der Waals surface area contributed by atoms with Gasteiger partial charge in [0.1, 0.15) is 5.75 Å². The van der Waals surface area contributed by atoms with Crippen molar-refractivity contribution >= 4 is 31.9 Å². The Morgan fingerprint density at radius 3 is 2.61 bits per heavy atom. The van der Waals surface area contributed by atoms with E-state index >= 15 is 0 Å². The maximum absolute atomic E-state index is 12.4. The lowest BCUT2D eigenvalue weighted by atomic mass is 10.2. The van der Waals surface area contributed by atoms with Gasteiger partial charge in [-0.25, -0.2) is 8.78 Å². The van der Waals surface area contributed by atoms with Crippen molar-refractivity contribution in [2.75, 3.05) is 25.5 Å². The van der Waals surface area contributed by atoms with Gasteiger partial charge in [0.05, 0.1) is 18.1 Å². The van der Waals surface area contributed by atoms with E-state index in [0.29, 0.717) is 18.4 Å². The van der Waals surface area contributed by atoms with E-state index in [0.717, 1.165) is 15.8 Å². The second-order valence-electron chi connectivity index (χ2n) is 3.78. The molecule has 0 saturated carbocycles. The predicted octanol–water partition coefficient (Wildman–Crippen LogP) is 3.92. The van der Waals surface area contributed by atoms with Gasteiger partial charge in [0, 0.05) is 18.4 Å². The molecule has 0 aliphatic carbocycles. The fraction of sp³-hybridized carbons (Fsp3) is 0.500. The van der Waals surface area contributed by atoms with Crippen LogP contribution in [0, 0.1) is 0 Å². The molecule has 1 aromatic rings. The zero-order valence-electron chi connectivity index (χ0n) is 10.0. The first-order chi connectivity index (χ1) is 8.56. The first-order valence-corrected chi connectivity index (χ1v) is 7.37. The molecular formula is C12H15Br2F2NO. The Hall–Kier alpha value is -0.200. The highest BCUT2D eigenvalue weighted by atomic mass is 79.9. The monoisotopic (exact) mass is 385 g/mol. The molecule has 0 aliphatic rings. The van der Waals surface area contributed by atoms with Crippen LogP contribution in [0.3, 0.4) is 0 Å². The van der Waals surface area contributed by atoms with E-state index in [1.54, 1.807) is 12.0 Å². The Kier molecular flexibility index (Phi) is 7.11. The second kappa shape index (κ2) is 8.07. The van der Waals surface area contributed by atoms with Crippen LogP contribution in [-0.4, -0.2) is 36.9 Å². The highest BCUT2D eigenvalue weighted by molar-refractivity contribution is 9.10. The van der Waals surface area contributed by atoms with Crippen LogP contribution in [0.25, 0.3) is 0 Å². The van der Waals surface area contributed by atoms with E-state index in [1.807, 2.05) is 18.2 Å². The molecule has 0 radical (unpaired) electrons. The van der Waals surface area contributed by atoms with Crippen LogP contribution in [0.1, 0.15) is 5.56 Å². The third-order valence-electron chi connectivity index (χ3n) is 2.42. The van der Waals surface area contributed by atoms with Gasteiger partial charge in [0.25, 0.3) is 6.43 Å². The summed E-state index contributed by atoms with van der Waals surface area (Å²) < 4.78 is 30.8. The van der Waals surface area contributed by atoms with Gasteiger partial charge >= 0.3 is 0 Å². The van der Waals surface area contributed by atoms with Crippen molar-refractivity contribution in [3.8, 4) is 5.75 Å². The van der Waals surface area contributed by atoms with E-state index in [9.17, 15) is 8.78 Å². The molecule has 0 spiro atoms. The van der Waals surface area contributed by atoms with Gasteiger partial charge in [0.15, 0.2) is 0 Å². The molecule has 0 aromatic heterocycles. The molecular weight excluding hydrogens is 372 g/mol. The van der Waals surface area contributed by atoms with Crippen LogP contribution in [0.2, 0.25) is 0 Å². The average molecular weight is 387 g/mol. The van der Waals surface area contributed by atoms with Gasteiger partial charge in [-0.05, 0) is 33.6 Å². The van der Waals surface area contributed by atoms with E-state index in [-0.39, 0.29) is 6.54 Å². The van der Waals surface area contributed by atoms with Gasteiger partial charge in [-0.15, -0.1) is 0 Å². The number of ether oxygens (including phenoxy) is 1. The number of benzene rings is 1. The van der Waals surface area contributed by atoms with Crippen molar-refractivity contribution in [2.24, 2.45) is 0 Å². The van der Waals surface area contributed by atoms with Crippen LogP contribution >= 0.6 is 31.9 Å². The van der Waals surface area contributed by atoms with Gasteiger partial charge in [-0.1, -0.05) is 22.0 Å². The third kappa shape index (κ3) is 5.20. The predicted molar refractivity (Wildman–Crippen MR) is 75.8 cm³/mol. The topological polar surface area (TPSA) is 12.5 Å². The van der Waals surface area contributed by atoms with Crippen LogP contribution in [0.15, 0.2) is 22.7 Å². The number of hydrogen-bond donors (Lipinski definition) is 0. The highest BCUT2D eigenvalue weighted by Crippen LogP contribution is 2.26. The lowest BCUT2D eigenvalue weighted by molar-refractivity contribution is 0.0881. The van der Waals surface area contributed by atoms with Crippen LogP contribution in [0.5, 0.6) is 5.75 Å². The molecule has 6 heteroatoms. The summed E-state index contributed by atoms with van der Waals surface area (Å²) in [6, 6.07) is 5.61. The minimum absolute atomic E-state index is 0.213. The zero-order chi connectivity index (χ0) is 13.5. The van der Waals surface area contributed by atoms with Gasteiger partial charge in [-0.2, -0.15) is 0 Å². The minimum Gasteiger partial charge on any atom is -0.496 e. The second-order valence-corrected chi connectivity index (χ2v) is 5.43. The van der Waals surface area contributed by atoms with Crippen molar-refractivity contribution < 1.29 is 13.5 Å². The van der Waals surface area contributed by atoms with Gasteiger partial charge in [-0.3, -0.25) is 4.90 Å². The summed E-state index contributed by atoms with van der Waals surface area (Å²) in [4.78, 5) is 1.72. The molecule has 0 bridgehead atoms. The highest BCUT2D eigenvalue weighted by Gasteiger charge is 2.12. The molecule has 18 heavy (non-hydrogen) atoms. The normalized spacial score (nSPS) is 11.3. The fourth-order valence-electron chi connectivity index (χ4n) is 1.62. The molecule has 0 unspecified atom stereocenters. The van der Waals surface area contributed by atoms with Gasteiger partial charge in [0.2, 0.25) is 0 Å². The largest absolute Gasteiger partial charge is 0.496 e. The number of halogens is 4. The molecule has 0 saturated heterocycles. The Morgan fingerprint density at radius 1 is 1.39 bits per heavy atom.